The maximum absolute atomic E-state index is 10.1. The summed E-state index contributed by atoms with van der Waals surface area (Å²) in [7, 11) is 0. The van der Waals surface area contributed by atoms with Crippen molar-refractivity contribution in [1.29, 1.82) is 0 Å². The van der Waals surface area contributed by atoms with Gasteiger partial charge in [0, 0.05) is 11.5 Å². The maximum atomic E-state index is 10.1. The normalized spacial score (nSPS) is 20.1. The van der Waals surface area contributed by atoms with Crippen molar-refractivity contribution in [1.82, 2.24) is 0 Å². The van der Waals surface area contributed by atoms with Gasteiger partial charge < -0.3 is 10.2 Å². The van der Waals surface area contributed by atoms with E-state index in [9.17, 15) is 10.2 Å². The van der Waals surface area contributed by atoms with E-state index in [1.807, 2.05) is 6.92 Å². The minimum Gasteiger partial charge on any atom is -0.507 e. The van der Waals surface area contributed by atoms with Crippen LogP contribution in [0.25, 0.3) is 0 Å². The third kappa shape index (κ3) is 2.46. The lowest BCUT2D eigenvalue weighted by molar-refractivity contribution is 0.427. The molecular weight excluding hydrogens is 212 g/mol. The summed E-state index contributed by atoms with van der Waals surface area (Å²) in [5, 5.41) is 20.1. The van der Waals surface area contributed by atoms with Crippen molar-refractivity contribution < 1.29 is 10.2 Å². The van der Waals surface area contributed by atoms with E-state index in [-0.39, 0.29) is 17.4 Å². The molecule has 0 saturated carbocycles. The van der Waals surface area contributed by atoms with Crippen LogP contribution < -0.4 is 0 Å². The molecule has 0 saturated heterocycles. The van der Waals surface area contributed by atoms with Gasteiger partial charge in [0.1, 0.15) is 11.5 Å². The van der Waals surface area contributed by atoms with Crippen molar-refractivity contribution in [3.8, 4) is 11.5 Å². The molecule has 1 atom stereocenters. The first-order valence-electron chi connectivity index (χ1n) is 6.34. The van der Waals surface area contributed by atoms with Crippen LogP contribution in [0, 0.1) is 0 Å². The van der Waals surface area contributed by atoms with E-state index in [1.165, 1.54) is 5.57 Å². The van der Waals surface area contributed by atoms with Gasteiger partial charge in [0.25, 0.3) is 0 Å². The van der Waals surface area contributed by atoms with Gasteiger partial charge in [0.15, 0.2) is 0 Å². The Hall–Kier alpha value is -1.44. The van der Waals surface area contributed by atoms with Crippen molar-refractivity contribution in [2.24, 2.45) is 0 Å². The first-order chi connectivity index (χ1) is 8.11. The van der Waals surface area contributed by atoms with Gasteiger partial charge in [0.2, 0.25) is 0 Å². The van der Waals surface area contributed by atoms with Crippen LogP contribution in [0.2, 0.25) is 0 Å². The van der Waals surface area contributed by atoms with Crippen LogP contribution in [0.3, 0.4) is 0 Å². The Morgan fingerprint density at radius 3 is 2.41 bits per heavy atom. The molecule has 2 N–H and O–H groups in total. The quantitative estimate of drug-likeness (QED) is 0.760. The summed E-state index contributed by atoms with van der Waals surface area (Å²) in [6.45, 7) is 4.12. The fourth-order valence-corrected chi connectivity index (χ4v) is 2.60. The molecule has 0 amide bonds. The molecule has 0 bridgehead atoms. The highest BCUT2D eigenvalue weighted by Gasteiger charge is 2.20. The maximum Gasteiger partial charge on any atom is 0.123 e. The van der Waals surface area contributed by atoms with Crippen molar-refractivity contribution in [3.05, 3.63) is 34.9 Å². The number of benzene rings is 1. The van der Waals surface area contributed by atoms with Crippen LogP contribution in [-0.2, 0) is 6.42 Å². The highest BCUT2D eigenvalue weighted by molar-refractivity contribution is 5.50. The Balaban J connectivity index is 2.41. The number of aryl methyl sites for hydroxylation is 1. The zero-order valence-electron chi connectivity index (χ0n) is 10.5. The molecule has 2 heteroatoms. The second-order valence-electron chi connectivity index (χ2n) is 4.91. The molecule has 2 rings (SSSR count). The Labute approximate surface area is 103 Å². The Morgan fingerprint density at radius 1 is 1.24 bits per heavy atom. The van der Waals surface area contributed by atoms with Gasteiger partial charge in [-0.2, -0.15) is 0 Å². The number of hydrogen-bond acceptors (Lipinski definition) is 2. The predicted molar refractivity (Wildman–Crippen MR) is 69.5 cm³/mol. The van der Waals surface area contributed by atoms with Gasteiger partial charge in [-0.05, 0) is 50.3 Å². The molecule has 1 aliphatic carbocycles. The molecule has 0 fully saturated rings. The molecule has 1 aliphatic rings. The minimum atomic E-state index is 0.162. The van der Waals surface area contributed by atoms with Crippen LogP contribution in [-0.4, -0.2) is 10.2 Å². The average Bonchev–Trinajstić information content (AvgIpc) is 2.28. The van der Waals surface area contributed by atoms with Crippen molar-refractivity contribution in [3.63, 3.8) is 0 Å². The van der Waals surface area contributed by atoms with E-state index in [0.717, 1.165) is 31.2 Å². The topological polar surface area (TPSA) is 40.5 Å². The summed E-state index contributed by atoms with van der Waals surface area (Å²) in [5.41, 5.74) is 3.01. The Morgan fingerprint density at radius 2 is 1.88 bits per heavy atom. The number of allylic oxidation sites excluding steroid dienone is 2. The predicted octanol–water partition coefficient (Wildman–Crippen LogP) is 3.87. The lowest BCUT2D eigenvalue weighted by atomic mass is 9.84. The van der Waals surface area contributed by atoms with E-state index < -0.39 is 0 Å². The van der Waals surface area contributed by atoms with E-state index in [2.05, 4.69) is 13.0 Å². The monoisotopic (exact) mass is 232 g/mol. The van der Waals surface area contributed by atoms with E-state index in [1.54, 1.807) is 12.1 Å². The molecule has 0 radical (unpaired) electrons. The van der Waals surface area contributed by atoms with E-state index >= 15 is 0 Å². The third-order valence-electron chi connectivity index (χ3n) is 3.55. The van der Waals surface area contributed by atoms with Crippen LogP contribution in [0.1, 0.15) is 50.2 Å². The molecule has 0 unspecified atom stereocenters. The molecule has 2 nitrogen and oxygen atoms in total. The zero-order valence-corrected chi connectivity index (χ0v) is 10.5. The Kier molecular flexibility index (Phi) is 3.41. The molecule has 0 aliphatic heterocycles. The van der Waals surface area contributed by atoms with E-state index in [0.29, 0.717) is 5.56 Å². The number of rotatable bonds is 2. The molecule has 0 aromatic heterocycles. The largest absolute Gasteiger partial charge is 0.507 e. The number of phenols is 2. The first kappa shape index (κ1) is 12.0. The summed E-state index contributed by atoms with van der Waals surface area (Å²) < 4.78 is 0. The summed E-state index contributed by atoms with van der Waals surface area (Å²) >= 11 is 0. The molecule has 1 aromatic carbocycles. The minimum absolute atomic E-state index is 0.162. The van der Waals surface area contributed by atoms with Gasteiger partial charge in [0.05, 0.1) is 0 Å². The average molecular weight is 232 g/mol. The molecule has 0 heterocycles. The van der Waals surface area contributed by atoms with E-state index in [4.69, 9.17) is 0 Å². The molecule has 92 valence electrons. The molecule has 0 spiro atoms. The third-order valence-corrected chi connectivity index (χ3v) is 3.55. The Bertz CT molecular complexity index is 423. The second-order valence-corrected chi connectivity index (χ2v) is 4.91. The first-order valence-corrected chi connectivity index (χ1v) is 6.34. The van der Waals surface area contributed by atoms with Gasteiger partial charge >= 0.3 is 0 Å². The highest BCUT2D eigenvalue weighted by Crippen LogP contribution is 2.41. The lowest BCUT2D eigenvalue weighted by Gasteiger charge is -2.22. The number of phenolic OH excluding ortho intramolecular Hbond substituents is 2. The van der Waals surface area contributed by atoms with Gasteiger partial charge in [-0.25, -0.2) is 0 Å². The molecular formula is C15H20O2. The van der Waals surface area contributed by atoms with Crippen molar-refractivity contribution >= 4 is 0 Å². The zero-order chi connectivity index (χ0) is 12.4. The number of aromatic hydroxyl groups is 2. The lowest BCUT2D eigenvalue weighted by Crippen LogP contribution is -2.03. The van der Waals surface area contributed by atoms with Crippen molar-refractivity contribution in [2.45, 2.75) is 45.4 Å². The summed E-state index contributed by atoms with van der Waals surface area (Å²) in [5.74, 6) is 0.630. The van der Waals surface area contributed by atoms with Crippen LogP contribution in [0.4, 0.5) is 0 Å². The number of hydrogen-bond donors (Lipinski definition) is 2. The standard InChI is InChI=1S/C15H20O2/c1-3-11-8-13(16)15(14(17)9-11)12-6-4-5-10(2)7-12/h7-9,12,16-17H,3-6H2,1-2H3/t12-/m0/s1. The van der Waals surface area contributed by atoms with Crippen LogP contribution in [0.15, 0.2) is 23.8 Å². The van der Waals surface area contributed by atoms with Crippen molar-refractivity contribution in [2.75, 3.05) is 0 Å². The van der Waals surface area contributed by atoms with Gasteiger partial charge in [-0.1, -0.05) is 18.6 Å². The fourth-order valence-electron chi connectivity index (χ4n) is 2.60. The van der Waals surface area contributed by atoms with Crippen LogP contribution >= 0.6 is 0 Å². The summed E-state index contributed by atoms with van der Waals surface area (Å²) in [6.07, 6.45) is 6.25. The molecule has 17 heavy (non-hydrogen) atoms. The SMILES string of the molecule is CCc1cc(O)c([C@@H]2C=C(C)CCC2)c(O)c1. The van der Waals surface area contributed by atoms with Crippen LogP contribution in [0.5, 0.6) is 11.5 Å². The smallest absolute Gasteiger partial charge is 0.123 e. The summed E-state index contributed by atoms with van der Waals surface area (Å²) in [4.78, 5) is 0. The van der Waals surface area contributed by atoms with Gasteiger partial charge in [-0.15, -0.1) is 0 Å². The summed E-state index contributed by atoms with van der Waals surface area (Å²) in [6, 6.07) is 3.54. The second kappa shape index (κ2) is 4.82. The molecule has 1 aromatic rings. The van der Waals surface area contributed by atoms with Gasteiger partial charge in [-0.3, -0.25) is 0 Å². The highest BCUT2D eigenvalue weighted by atomic mass is 16.3. The fraction of sp³-hybridized carbons (Fsp3) is 0.467.